The van der Waals surface area contributed by atoms with Crippen molar-refractivity contribution >= 4 is 22.6 Å². The van der Waals surface area contributed by atoms with Gasteiger partial charge in [-0.25, -0.2) is 4.39 Å². The van der Waals surface area contributed by atoms with Gasteiger partial charge in [-0.2, -0.15) is 13.2 Å². The molecule has 0 heterocycles. The van der Waals surface area contributed by atoms with Gasteiger partial charge in [0.15, 0.2) is 0 Å². The van der Waals surface area contributed by atoms with E-state index in [1.54, 1.807) is 0 Å². The minimum atomic E-state index is -4.38. The lowest BCUT2D eigenvalue weighted by Gasteiger charge is -2.08. The lowest BCUT2D eigenvalue weighted by atomic mass is 10.5. The molecule has 0 rings (SSSR count). The van der Waals surface area contributed by atoms with E-state index in [0.717, 1.165) is 22.6 Å². The Labute approximate surface area is 57.4 Å². The number of halogens is 5. The Morgan fingerprint density at radius 3 is 1.75 bits per heavy atom. The Morgan fingerprint density at radius 1 is 1.38 bits per heavy atom. The summed E-state index contributed by atoms with van der Waals surface area (Å²) in [4.78, 5) is 0. The molecule has 0 N–H and O–H groups in total. The third-order valence-electron chi connectivity index (χ3n) is 0.491. The number of alkyl halides is 5. The number of hydrogen-bond acceptors (Lipinski definition) is 0. The van der Waals surface area contributed by atoms with Crippen molar-refractivity contribution < 1.29 is 17.6 Å². The summed E-state index contributed by atoms with van der Waals surface area (Å²) in [7, 11) is 0. The minimum Gasteiger partial charge on any atom is -0.250 e. The molecule has 1 unspecified atom stereocenters. The maximum atomic E-state index is 11.2. The second kappa shape index (κ2) is 2.84. The minimum absolute atomic E-state index is 1.01. The molecule has 0 spiro atoms. The van der Waals surface area contributed by atoms with E-state index in [9.17, 15) is 17.6 Å². The van der Waals surface area contributed by atoms with Gasteiger partial charge >= 0.3 is 6.18 Å². The Hall–Kier alpha value is 0.450. The molecule has 0 bridgehead atoms. The lowest BCUT2D eigenvalue weighted by Crippen LogP contribution is -2.24. The first-order valence-electron chi connectivity index (χ1n) is 1.75. The average molecular weight is 242 g/mol. The highest BCUT2D eigenvalue weighted by atomic mass is 127. The summed E-state index contributed by atoms with van der Waals surface area (Å²) in [5.74, 6) is 0. The molecule has 0 aliphatic heterocycles. The molecule has 50 valence electrons. The fraction of sp³-hybridized carbons (Fsp3) is 1.00. The van der Waals surface area contributed by atoms with Crippen molar-refractivity contribution in [1.82, 2.24) is 0 Å². The second-order valence-electron chi connectivity index (χ2n) is 1.16. The van der Waals surface area contributed by atoms with Crippen LogP contribution < -0.4 is 0 Å². The first kappa shape index (κ1) is 8.45. The van der Waals surface area contributed by atoms with E-state index in [2.05, 4.69) is 0 Å². The fourth-order valence-electron chi connectivity index (χ4n) is 0.0875. The molecule has 0 aromatic carbocycles. The summed E-state index contributed by atoms with van der Waals surface area (Å²) in [6, 6.07) is 0. The van der Waals surface area contributed by atoms with Crippen LogP contribution in [0.2, 0.25) is 0 Å². The van der Waals surface area contributed by atoms with Crippen molar-refractivity contribution in [2.75, 3.05) is 6.67 Å². The van der Waals surface area contributed by atoms with E-state index in [-0.39, 0.29) is 0 Å². The first-order chi connectivity index (χ1) is 3.48. The van der Waals surface area contributed by atoms with Crippen LogP contribution >= 0.6 is 22.6 Å². The van der Waals surface area contributed by atoms with Crippen LogP contribution in [-0.2, 0) is 0 Å². The van der Waals surface area contributed by atoms with Gasteiger partial charge in [0.25, 0.3) is 0 Å². The van der Waals surface area contributed by atoms with Gasteiger partial charge in [0, 0.05) is 0 Å². The van der Waals surface area contributed by atoms with E-state index in [0.29, 0.717) is 0 Å². The zero-order chi connectivity index (χ0) is 6.78. The smallest absolute Gasteiger partial charge is 0.250 e. The maximum absolute atomic E-state index is 11.2. The summed E-state index contributed by atoms with van der Waals surface area (Å²) in [6.07, 6.45) is -4.38. The van der Waals surface area contributed by atoms with Gasteiger partial charge in [-0.05, 0) is 0 Å². The van der Waals surface area contributed by atoms with Gasteiger partial charge in [-0.1, -0.05) is 22.6 Å². The summed E-state index contributed by atoms with van der Waals surface area (Å²) >= 11 is 1.01. The maximum Gasteiger partial charge on any atom is 0.403 e. The highest BCUT2D eigenvalue weighted by Gasteiger charge is 2.37. The molecule has 0 nitrogen and oxygen atoms in total. The van der Waals surface area contributed by atoms with E-state index >= 15 is 0 Å². The normalized spacial score (nSPS) is 16.1. The van der Waals surface area contributed by atoms with Crippen LogP contribution in [0.3, 0.4) is 0 Å². The summed E-state index contributed by atoms with van der Waals surface area (Å²) in [6.45, 7) is -1.34. The second-order valence-corrected chi connectivity index (χ2v) is 2.67. The van der Waals surface area contributed by atoms with Crippen LogP contribution in [0.4, 0.5) is 17.6 Å². The summed E-state index contributed by atoms with van der Waals surface area (Å²) in [5.41, 5.74) is 0. The summed E-state index contributed by atoms with van der Waals surface area (Å²) in [5, 5.41) is 0. The molecule has 8 heavy (non-hydrogen) atoms. The van der Waals surface area contributed by atoms with Gasteiger partial charge < -0.3 is 0 Å². The van der Waals surface area contributed by atoms with Crippen molar-refractivity contribution in [1.29, 1.82) is 0 Å². The van der Waals surface area contributed by atoms with Gasteiger partial charge in [-0.15, -0.1) is 0 Å². The standard InChI is InChI=1S/C3H3F4I/c4-1-2(8)3(5,6)7/h2H,1H2. The molecular formula is C3H3F4I. The third kappa shape index (κ3) is 2.68. The first-order valence-corrected chi connectivity index (χ1v) is 2.99. The lowest BCUT2D eigenvalue weighted by molar-refractivity contribution is -0.127. The molecule has 0 radical (unpaired) electrons. The van der Waals surface area contributed by atoms with E-state index in [1.807, 2.05) is 0 Å². The van der Waals surface area contributed by atoms with Crippen LogP contribution in [0.25, 0.3) is 0 Å². The van der Waals surface area contributed by atoms with E-state index < -0.39 is 16.8 Å². The molecule has 0 amide bonds. The van der Waals surface area contributed by atoms with Crippen LogP contribution in [0.15, 0.2) is 0 Å². The van der Waals surface area contributed by atoms with Gasteiger partial charge in [0.05, 0.1) is 0 Å². The van der Waals surface area contributed by atoms with Crippen LogP contribution in [-0.4, -0.2) is 16.8 Å². The number of rotatable bonds is 1. The molecule has 0 aliphatic rings. The molecule has 0 aromatic rings. The zero-order valence-electron chi connectivity index (χ0n) is 3.67. The topological polar surface area (TPSA) is 0 Å². The van der Waals surface area contributed by atoms with Crippen molar-refractivity contribution in [3.8, 4) is 0 Å². The Kier molecular flexibility index (Phi) is 3.00. The molecule has 1 atom stereocenters. The molecule has 0 aromatic heterocycles. The predicted molar refractivity (Wildman–Crippen MR) is 29.8 cm³/mol. The molecule has 0 saturated heterocycles. The van der Waals surface area contributed by atoms with Gasteiger partial charge in [0.1, 0.15) is 10.6 Å². The highest BCUT2D eigenvalue weighted by molar-refractivity contribution is 14.1. The highest BCUT2D eigenvalue weighted by Crippen LogP contribution is 2.26. The summed E-state index contributed by atoms with van der Waals surface area (Å²) < 4.78 is 42.9. The van der Waals surface area contributed by atoms with Crippen LogP contribution in [0, 0.1) is 0 Å². The zero-order valence-corrected chi connectivity index (χ0v) is 5.83. The average Bonchev–Trinajstić information content (AvgIpc) is 1.62. The van der Waals surface area contributed by atoms with Gasteiger partial charge in [-0.3, -0.25) is 0 Å². The Bertz CT molecular complexity index is 68.2. The fourth-order valence-corrected chi connectivity index (χ4v) is 0.0875. The van der Waals surface area contributed by atoms with Crippen molar-refractivity contribution in [3.63, 3.8) is 0 Å². The quantitative estimate of drug-likeness (QED) is 0.376. The van der Waals surface area contributed by atoms with E-state index in [4.69, 9.17) is 0 Å². The van der Waals surface area contributed by atoms with Gasteiger partial charge in [0.2, 0.25) is 0 Å². The van der Waals surface area contributed by atoms with Crippen LogP contribution in [0.5, 0.6) is 0 Å². The Balaban J connectivity index is 3.62. The van der Waals surface area contributed by atoms with Crippen molar-refractivity contribution in [2.45, 2.75) is 10.1 Å². The van der Waals surface area contributed by atoms with Crippen molar-refractivity contribution in [3.05, 3.63) is 0 Å². The van der Waals surface area contributed by atoms with E-state index in [1.165, 1.54) is 0 Å². The van der Waals surface area contributed by atoms with Crippen molar-refractivity contribution in [2.24, 2.45) is 0 Å². The Morgan fingerprint density at radius 2 is 1.75 bits per heavy atom. The third-order valence-corrected chi connectivity index (χ3v) is 1.53. The predicted octanol–water partition coefficient (Wildman–Crippen LogP) is 2.32. The molecule has 0 fully saturated rings. The molecule has 0 saturated carbocycles. The number of hydrogen-bond donors (Lipinski definition) is 0. The monoisotopic (exact) mass is 242 g/mol. The molecular weight excluding hydrogens is 239 g/mol. The largest absolute Gasteiger partial charge is 0.403 e. The van der Waals surface area contributed by atoms with Crippen LogP contribution in [0.1, 0.15) is 0 Å². The molecule has 0 aliphatic carbocycles. The molecule has 5 heteroatoms. The SMILES string of the molecule is FCC(I)C(F)(F)F.